The zero-order valence-electron chi connectivity index (χ0n) is 10.5. The van der Waals surface area contributed by atoms with Crippen LogP contribution < -0.4 is 11.0 Å². The van der Waals surface area contributed by atoms with E-state index in [4.69, 9.17) is 5.73 Å². The molecular formula is C13H13FIN2OP. The molecule has 0 spiro atoms. The minimum Gasteiger partial charge on any atom is -0.396 e. The van der Waals surface area contributed by atoms with Crippen LogP contribution in [0, 0.1) is 9.39 Å². The Labute approximate surface area is 124 Å². The molecule has 0 atom stereocenters. The van der Waals surface area contributed by atoms with Gasteiger partial charge in [-0.2, -0.15) is 0 Å². The molecule has 0 unspecified atom stereocenters. The predicted molar refractivity (Wildman–Crippen MR) is 85.8 cm³/mol. The van der Waals surface area contributed by atoms with E-state index < -0.39 is 7.14 Å². The Morgan fingerprint density at radius 1 is 1.32 bits per heavy atom. The number of hydrogen-bond donors (Lipinski definition) is 1. The van der Waals surface area contributed by atoms with Crippen molar-refractivity contribution >= 4 is 40.7 Å². The fourth-order valence-corrected chi connectivity index (χ4v) is 3.39. The van der Waals surface area contributed by atoms with Gasteiger partial charge in [0.05, 0.1) is 11.4 Å². The summed E-state index contributed by atoms with van der Waals surface area (Å²) < 4.78 is 26.9. The van der Waals surface area contributed by atoms with E-state index in [1.165, 1.54) is 12.3 Å². The first-order valence-electron chi connectivity index (χ1n) is 5.56. The summed E-state index contributed by atoms with van der Waals surface area (Å²) in [5.74, 6) is -0.384. The average Bonchev–Trinajstić information content (AvgIpc) is 2.28. The van der Waals surface area contributed by atoms with Crippen LogP contribution in [-0.2, 0) is 4.57 Å². The number of aromatic nitrogens is 1. The summed E-state index contributed by atoms with van der Waals surface area (Å²) in [6.45, 7) is 3.26. The summed E-state index contributed by atoms with van der Waals surface area (Å²) >= 11 is 2.03. The molecule has 0 amide bonds. The van der Waals surface area contributed by atoms with Gasteiger partial charge in [-0.15, -0.1) is 0 Å². The molecule has 2 N–H and O–H groups in total. The fourth-order valence-electron chi connectivity index (χ4n) is 1.83. The number of nitrogens with zero attached hydrogens (tertiary/aromatic N) is 1. The molecule has 0 aliphatic heterocycles. The van der Waals surface area contributed by atoms with Gasteiger partial charge in [-0.3, -0.25) is 4.98 Å². The Kier molecular flexibility index (Phi) is 3.97. The van der Waals surface area contributed by atoms with Gasteiger partial charge >= 0.3 is 0 Å². The molecule has 0 saturated carbocycles. The van der Waals surface area contributed by atoms with Gasteiger partial charge in [0.15, 0.2) is 0 Å². The van der Waals surface area contributed by atoms with Gasteiger partial charge in [-0.05, 0) is 60.2 Å². The fraction of sp³-hybridized carbons (Fsp3) is 0.154. The summed E-state index contributed by atoms with van der Waals surface area (Å²) in [5, 5.41) is 0.537. The van der Waals surface area contributed by atoms with Crippen molar-refractivity contribution in [2.75, 3.05) is 19.1 Å². The van der Waals surface area contributed by atoms with Crippen molar-refractivity contribution < 1.29 is 8.96 Å². The largest absolute Gasteiger partial charge is 0.396 e. The van der Waals surface area contributed by atoms with Crippen molar-refractivity contribution in [3.8, 4) is 11.3 Å². The van der Waals surface area contributed by atoms with Crippen molar-refractivity contribution in [1.82, 2.24) is 4.98 Å². The second-order valence-corrected chi connectivity index (χ2v) is 9.00. The van der Waals surface area contributed by atoms with Gasteiger partial charge in [0, 0.05) is 20.6 Å². The van der Waals surface area contributed by atoms with Crippen molar-refractivity contribution in [2.45, 2.75) is 0 Å². The van der Waals surface area contributed by atoms with Gasteiger partial charge in [-0.1, -0.05) is 0 Å². The Balaban J connectivity index is 2.67. The van der Waals surface area contributed by atoms with Crippen LogP contribution in [0.1, 0.15) is 0 Å². The number of rotatable bonds is 2. The Morgan fingerprint density at radius 2 is 2.00 bits per heavy atom. The smallest absolute Gasteiger partial charge is 0.133 e. The maximum absolute atomic E-state index is 14.0. The van der Waals surface area contributed by atoms with Crippen LogP contribution in [0.4, 0.5) is 10.1 Å². The highest BCUT2D eigenvalue weighted by atomic mass is 127. The first-order valence-corrected chi connectivity index (χ1v) is 9.24. The van der Waals surface area contributed by atoms with Gasteiger partial charge in [0.2, 0.25) is 0 Å². The van der Waals surface area contributed by atoms with Gasteiger partial charge in [0.25, 0.3) is 0 Å². The number of nitrogen functional groups attached to an aromatic ring is 1. The molecule has 6 heteroatoms. The van der Waals surface area contributed by atoms with Crippen molar-refractivity contribution in [1.29, 1.82) is 0 Å². The molecule has 1 heterocycles. The molecule has 1 aromatic carbocycles. The second kappa shape index (κ2) is 5.21. The lowest BCUT2D eigenvalue weighted by Crippen LogP contribution is -2.12. The third kappa shape index (κ3) is 2.98. The van der Waals surface area contributed by atoms with Gasteiger partial charge in [-0.25, -0.2) is 4.39 Å². The van der Waals surface area contributed by atoms with Crippen LogP contribution >= 0.6 is 29.7 Å². The molecule has 0 fully saturated rings. The zero-order valence-corrected chi connectivity index (χ0v) is 13.6. The molecule has 0 aliphatic carbocycles. The van der Waals surface area contributed by atoms with Crippen molar-refractivity contribution in [3.05, 3.63) is 39.8 Å². The maximum Gasteiger partial charge on any atom is 0.133 e. The Bertz CT molecular complexity index is 684. The van der Waals surface area contributed by atoms with E-state index in [0.717, 1.165) is 3.57 Å². The third-order valence-corrected chi connectivity index (χ3v) is 4.95. The Morgan fingerprint density at radius 3 is 2.58 bits per heavy atom. The highest BCUT2D eigenvalue weighted by molar-refractivity contribution is 14.1. The molecule has 2 aromatic rings. The SMILES string of the molecule is CP(C)(=O)c1ccnc(-c2ccc(I)cc2F)c1N. The maximum atomic E-state index is 14.0. The molecule has 0 aliphatic rings. The van der Waals surface area contributed by atoms with Crippen molar-refractivity contribution in [3.63, 3.8) is 0 Å². The molecule has 2 rings (SSSR count). The lowest BCUT2D eigenvalue weighted by Gasteiger charge is -2.13. The quantitative estimate of drug-likeness (QED) is 0.633. The number of anilines is 1. The minimum absolute atomic E-state index is 0.288. The highest BCUT2D eigenvalue weighted by Gasteiger charge is 2.19. The molecular weight excluding hydrogens is 377 g/mol. The predicted octanol–water partition coefficient (Wildman–Crippen LogP) is 3.32. The normalized spacial score (nSPS) is 11.6. The van der Waals surface area contributed by atoms with E-state index in [2.05, 4.69) is 4.98 Å². The van der Waals surface area contributed by atoms with Crippen LogP contribution in [0.25, 0.3) is 11.3 Å². The van der Waals surface area contributed by atoms with E-state index >= 15 is 0 Å². The van der Waals surface area contributed by atoms with E-state index in [-0.39, 0.29) is 11.5 Å². The molecule has 0 radical (unpaired) electrons. The zero-order chi connectivity index (χ0) is 14.2. The monoisotopic (exact) mass is 390 g/mol. The first-order chi connectivity index (χ1) is 8.80. The number of halogens is 2. The number of pyridine rings is 1. The molecule has 100 valence electrons. The summed E-state index contributed by atoms with van der Waals surface area (Å²) in [7, 11) is -2.52. The topological polar surface area (TPSA) is 56.0 Å². The van der Waals surface area contributed by atoms with E-state index in [9.17, 15) is 8.96 Å². The van der Waals surface area contributed by atoms with Gasteiger partial charge in [0.1, 0.15) is 13.0 Å². The molecule has 19 heavy (non-hydrogen) atoms. The number of benzene rings is 1. The summed E-state index contributed by atoms with van der Waals surface area (Å²) in [4.78, 5) is 4.12. The summed E-state index contributed by atoms with van der Waals surface area (Å²) in [6.07, 6.45) is 1.51. The van der Waals surface area contributed by atoms with Crippen LogP contribution in [0.5, 0.6) is 0 Å². The van der Waals surface area contributed by atoms with Crippen LogP contribution in [0.3, 0.4) is 0 Å². The minimum atomic E-state index is -2.52. The number of hydrogen-bond acceptors (Lipinski definition) is 3. The third-order valence-electron chi connectivity index (χ3n) is 2.73. The van der Waals surface area contributed by atoms with Crippen LogP contribution in [0.2, 0.25) is 0 Å². The van der Waals surface area contributed by atoms with E-state index in [0.29, 0.717) is 16.6 Å². The molecule has 3 nitrogen and oxygen atoms in total. The molecule has 1 aromatic heterocycles. The lowest BCUT2D eigenvalue weighted by molar-refractivity contribution is 0.588. The Hall–Kier alpha value is -0.940. The first kappa shape index (κ1) is 14.5. The molecule has 0 bridgehead atoms. The van der Waals surface area contributed by atoms with Crippen molar-refractivity contribution in [2.24, 2.45) is 0 Å². The molecule has 0 saturated heterocycles. The van der Waals surface area contributed by atoms with E-state index in [1.807, 2.05) is 22.6 Å². The standard InChI is InChI=1S/C13H13FIN2OP/c1-19(2,18)11-5-6-17-13(12(11)16)9-4-3-8(15)7-10(9)14/h3-7H,16H2,1-2H3. The summed E-state index contributed by atoms with van der Waals surface area (Å²) in [6, 6.07) is 6.46. The lowest BCUT2D eigenvalue weighted by atomic mass is 10.1. The average molecular weight is 390 g/mol. The van der Waals surface area contributed by atoms with E-state index in [1.54, 1.807) is 31.5 Å². The summed E-state index contributed by atoms with van der Waals surface area (Å²) in [5.41, 5.74) is 6.96. The van der Waals surface area contributed by atoms with Gasteiger partial charge < -0.3 is 10.3 Å². The second-order valence-electron chi connectivity index (χ2n) is 4.57. The van der Waals surface area contributed by atoms with Crippen LogP contribution in [-0.4, -0.2) is 18.3 Å². The highest BCUT2D eigenvalue weighted by Crippen LogP contribution is 2.39. The number of nitrogens with two attached hydrogens (primary N) is 1. The van der Waals surface area contributed by atoms with Crippen LogP contribution in [0.15, 0.2) is 30.5 Å².